The van der Waals surface area contributed by atoms with Crippen LogP contribution in [-0.4, -0.2) is 140 Å². The van der Waals surface area contributed by atoms with Crippen molar-refractivity contribution >= 4 is 11.9 Å². The molecule has 2 fully saturated rings. The third-order valence-electron chi connectivity index (χ3n) is 6.65. The zero-order valence-electron chi connectivity index (χ0n) is 21.6. The first-order chi connectivity index (χ1) is 18.9. The van der Waals surface area contributed by atoms with Crippen LogP contribution >= 0.6 is 0 Å². The Kier molecular flexibility index (Phi) is 10.6. The van der Waals surface area contributed by atoms with Crippen molar-refractivity contribution in [1.82, 2.24) is 5.32 Å². The van der Waals surface area contributed by atoms with Crippen LogP contribution in [-0.2, 0) is 23.8 Å². The van der Waals surface area contributed by atoms with E-state index in [1.165, 1.54) is 19.2 Å². The summed E-state index contributed by atoms with van der Waals surface area (Å²) in [6.07, 6.45) is -17.0. The molecule has 2 aliphatic heterocycles. The van der Waals surface area contributed by atoms with Gasteiger partial charge in [0.2, 0.25) is 12.2 Å². The monoisotopic (exact) mass is 577 g/mol. The van der Waals surface area contributed by atoms with Crippen LogP contribution in [0, 0.1) is 0 Å². The van der Waals surface area contributed by atoms with Crippen LogP contribution in [0.4, 0.5) is 0 Å². The van der Waals surface area contributed by atoms with E-state index in [9.17, 15) is 50.4 Å². The number of ether oxygens (including phenoxy) is 5. The van der Waals surface area contributed by atoms with Crippen LogP contribution in [0.25, 0.3) is 0 Å². The average molecular weight is 578 g/mol. The molecule has 0 aliphatic carbocycles. The second-order valence-corrected chi connectivity index (χ2v) is 9.46. The van der Waals surface area contributed by atoms with Crippen molar-refractivity contribution in [3.8, 4) is 11.5 Å². The van der Waals surface area contributed by atoms with Gasteiger partial charge in [-0.25, -0.2) is 4.79 Å². The third kappa shape index (κ3) is 6.80. The van der Waals surface area contributed by atoms with Crippen molar-refractivity contribution in [3.63, 3.8) is 0 Å². The quantitative estimate of drug-likeness (QED) is 0.122. The Labute approximate surface area is 228 Å². The fourth-order valence-electron chi connectivity index (χ4n) is 4.55. The van der Waals surface area contributed by atoms with E-state index in [4.69, 9.17) is 23.7 Å². The fourth-order valence-corrected chi connectivity index (χ4v) is 4.55. The number of aliphatic hydroxyl groups excluding tert-OH is 7. The molecule has 0 aromatic heterocycles. The van der Waals surface area contributed by atoms with E-state index in [2.05, 4.69) is 5.32 Å². The Balaban J connectivity index is 1.93. The summed E-state index contributed by atoms with van der Waals surface area (Å²) in [6.45, 7) is -0.694. The molecule has 16 nitrogen and oxygen atoms in total. The number of hydrogen-bond acceptors (Lipinski definition) is 14. The average Bonchev–Trinajstić information content (AvgIpc) is 2.93. The van der Waals surface area contributed by atoms with E-state index < -0.39 is 98.5 Å². The molecule has 0 spiro atoms. The second kappa shape index (κ2) is 13.3. The fraction of sp³-hybridized carbons (Fsp3) is 0.667. The number of aliphatic carboxylic acids is 1. The summed E-state index contributed by atoms with van der Waals surface area (Å²) in [7, 11) is 1.45. The number of methoxy groups -OCH3 is 1. The van der Waals surface area contributed by atoms with Gasteiger partial charge >= 0.3 is 5.97 Å². The van der Waals surface area contributed by atoms with Gasteiger partial charge in [0.05, 0.1) is 32.5 Å². The normalized spacial score (nSPS) is 35.8. The first-order valence-electron chi connectivity index (χ1n) is 12.3. The molecule has 9 N–H and O–H groups in total. The lowest BCUT2D eigenvalue weighted by Crippen LogP contribution is -2.70. The number of carbonyl (C=O) groups is 2. The topological polar surface area (TPSA) is 254 Å². The summed E-state index contributed by atoms with van der Waals surface area (Å²) in [5.74, 6) is -4.74. The van der Waals surface area contributed by atoms with E-state index >= 15 is 0 Å². The van der Waals surface area contributed by atoms with E-state index in [0.29, 0.717) is 5.75 Å². The standard InChI is InChI=1S/C24H35NO15/c1-10(28)25-16-13(29)7-24(23(34)35,39-20(16)17(31)14(30)8-26)40-21-18(32)15(9-27)38-22(19(21)33)37-12-5-3-11(36-2)4-6-12/h3-6,13-22,26-27,29-33H,7-9H2,1-2H3,(H,25,28)(H,34,35)/t13-,14+,15+,16+,17+,18-,19+,20+,21-,22+,24-/m0/s1. The highest BCUT2D eigenvalue weighted by atomic mass is 16.8. The Bertz CT molecular complexity index is 995. The minimum atomic E-state index is -2.87. The van der Waals surface area contributed by atoms with Gasteiger partial charge < -0.3 is 69.9 Å². The van der Waals surface area contributed by atoms with Crippen LogP contribution in [0.2, 0.25) is 0 Å². The van der Waals surface area contributed by atoms with Crippen LogP contribution < -0.4 is 14.8 Å². The van der Waals surface area contributed by atoms with Crippen LogP contribution in [0.1, 0.15) is 13.3 Å². The number of rotatable bonds is 11. The Hall–Kier alpha value is -2.64. The Morgan fingerprint density at radius 1 is 1.10 bits per heavy atom. The lowest BCUT2D eigenvalue weighted by molar-refractivity contribution is -0.363. The number of aliphatic hydroxyl groups is 7. The molecule has 3 rings (SSSR count). The molecule has 1 aromatic carbocycles. The van der Waals surface area contributed by atoms with Crippen LogP contribution in [0.15, 0.2) is 24.3 Å². The van der Waals surface area contributed by atoms with Crippen molar-refractivity contribution in [2.45, 2.75) is 80.3 Å². The number of carboxylic acids is 1. The van der Waals surface area contributed by atoms with Crippen molar-refractivity contribution in [1.29, 1.82) is 0 Å². The summed E-state index contributed by atoms with van der Waals surface area (Å²) in [4.78, 5) is 24.2. The predicted octanol–water partition coefficient (Wildman–Crippen LogP) is -3.95. The highest BCUT2D eigenvalue weighted by Crippen LogP contribution is 2.37. The van der Waals surface area contributed by atoms with E-state index in [1.54, 1.807) is 12.1 Å². The molecule has 0 bridgehead atoms. The van der Waals surface area contributed by atoms with Crippen LogP contribution in [0.5, 0.6) is 11.5 Å². The highest BCUT2D eigenvalue weighted by molar-refractivity contribution is 5.76. The van der Waals surface area contributed by atoms with Gasteiger partial charge in [-0.2, -0.15) is 0 Å². The molecule has 1 amide bonds. The van der Waals surface area contributed by atoms with Gasteiger partial charge in [-0.1, -0.05) is 0 Å². The van der Waals surface area contributed by atoms with Crippen LogP contribution in [0.3, 0.4) is 0 Å². The lowest BCUT2D eigenvalue weighted by atomic mass is 9.88. The van der Waals surface area contributed by atoms with E-state index in [-0.39, 0.29) is 5.75 Å². The smallest absolute Gasteiger partial charge is 0.364 e. The van der Waals surface area contributed by atoms with Gasteiger partial charge in [0.15, 0.2) is 0 Å². The second-order valence-electron chi connectivity index (χ2n) is 9.46. The number of carbonyl (C=O) groups excluding carboxylic acids is 1. The molecule has 0 radical (unpaired) electrons. The summed E-state index contributed by atoms with van der Waals surface area (Å²) in [6, 6.07) is 4.59. The Morgan fingerprint density at radius 2 is 1.73 bits per heavy atom. The van der Waals surface area contributed by atoms with Crippen molar-refractivity contribution < 1.29 is 74.1 Å². The number of amides is 1. The summed E-state index contributed by atoms with van der Waals surface area (Å²) < 4.78 is 27.3. The Morgan fingerprint density at radius 3 is 2.25 bits per heavy atom. The number of nitrogens with one attached hydrogen (secondary N) is 1. The summed E-state index contributed by atoms with van der Waals surface area (Å²) in [5, 5.41) is 84.6. The molecule has 11 atom stereocenters. The maximum atomic E-state index is 12.5. The van der Waals surface area contributed by atoms with Gasteiger partial charge in [0.25, 0.3) is 5.79 Å². The van der Waals surface area contributed by atoms with Gasteiger partial charge in [0, 0.05) is 13.3 Å². The molecule has 0 unspecified atom stereocenters. The molecule has 2 heterocycles. The van der Waals surface area contributed by atoms with Crippen molar-refractivity contribution in [3.05, 3.63) is 24.3 Å². The minimum absolute atomic E-state index is 0.174. The zero-order valence-corrected chi connectivity index (χ0v) is 21.6. The minimum Gasteiger partial charge on any atom is -0.497 e. The number of hydrogen-bond donors (Lipinski definition) is 9. The SMILES string of the molecule is COc1ccc(O[C@@H]2O[C@H](CO)[C@H](O)[C@H](O[C@]3(C(=O)O)C[C@H](O)[C@@H](NC(C)=O)[C@H]([C@H](O)[C@H](O)CO)O3)[C@H]2O)cc1. The van der Waals surface area contributed by atoms with Crippen molar-refractivity contribution in [2.75, 3.05) is 20.3 Å². The largest absolute Gasteiger partial charge is 0.497 e. The molecule has 16 heteroatoms. The molecule has 0 saturated carbocycles. The van der Waals surface area contributed by atoms with E-state index in [0.717, 1.165) is 6.92 Å². The number of benzene rings is 1. The number of carboxylic acid groups (broad SMARTS) is 1. The highest BCUT2D eigenvalue weighted by Gasteiger charge is 2.59. The molecule has 226 valence electrons. The molecule has 2 aliphatic rings. The van der Waals surface area contributed by atoms with Gasteiger partial charge in [0.1, 0.15) is 54.2 Å². The van der Waals surface area contributed by atoms with Gasteiger partial charge in [-0.15, -0.1) is 0 Å². The molecule has 2 saturated heterocycles. The lowest BCUT2D eigenvalue weighted by Gasteiger charge is -2.49. The molecule has 1 aromatic rings. The first-order valence-corrected chi connectivity index (χ1v) is 12.3. The molecular formula is C24H35NO15. The molecular weight excluding hydrogens is 542 g/mol. The maximum Gasteiger partial charge on any atom is 0.364 e. The van der Waals surface area contributed by atoms with Gasteiger partial charge in [-0.3, -0.25) is 4.79 Å². The maximum absolute atomic E-state index is 12.5. The first kappa shape index (κ1) is 31.9. The molecule has 40 heavy (non-hydrogen) atoms. The predicted molar refractivity (Wildman–Crippen MR) is 129 cm³/mol. The van der Waals surface area contributed by atoms with Gasteiger partial charge in [-0.05, 0) is 24.3 Å². The summed E-state index contributed by atoms with van der Waals surface area (Å²) in [5.41, 5.74) is 0. The zero-order chi connectivity index (χ0) is 29.8. The third-order valence-corrected chi connectivity index (χ3v) is 6.65. The van der Waals surface area contributed by atoms with E-state index in [1.807, 2.05) is 0 Å². The summed E-state index contributed by atoms with van der Waals surface area (Å²) >= 11 is 0. The van der Waals surface area contributed by atoms with Crippen molar-refractivity contribution in [2.24, 2.45) is 0 Å².